The molecular weight excluding hydrogens is 354 g/mol. The highest BCUT2D eigenvalue weighted by atomic mass is 15.5. The number of hydrogen-bond donors (Lipinski definition) is 2. The number of anilines is 2. The van der Waals surface area contributed by atoms with Gasteiger partial charge in [-0.3, -0.25) is 10.4 Å². The van der Waals surface area contributed by atoms with Crippen LogP contribution in [0.1, 0.15) is 31.4 Å². The molecule has 1 heterocycles. The molecule has 3 aliphatic rings. The van der Waals surface area contributed by atoms with Crippen LogP contribution in [0.25, 0.3) is 5.57 Å². The van der Waals surface area contributed by atoms with Gasteiger partial charge < -0.3 is 5.73 Å². The number of benzene rings is 2. The van der Waals surface area contributed by atoms with Crippen molar-refractivity contribution in [3.63, 3.8) is 0 Å². The first-order chi connectivity index (χ1) is 14.0. The van der Waals surface area contributed by atoms with E-state index in [1.54, 1.807) is 0 Å². The Kier molecular flexibility index (Phi) is 3.82. The summed E-state index contributed by atoms with van der Waals surface area (Å²) in [6, 6.07) is 16.6. The number of para-hydroxylation sites is 2. The highest BCUT2D eigenvalue weighted by Gasteiger charge is 2.42. The molecule has 3 N–H and O–H groups in total. The average molecular weight is 380 g/mol. The van der Waals surface area contributed by atoms with Crippen molar-refractivity contribution in [2.75, 3.05) is 11.2 Å². The molecule has 2 aliphatic carbocycles. The lowest BCUT2D eigenvalue weighted by molar-refractivity contribution is 0.427. The molecule has 0 saturated carbocycles. The number of nitrogens with two attached hydrogens (primary N) is 1. The molecule has 0 unspecified atom stereocenters. The molecule has 29 heavy (non-hydrogen) atoms. The number of nitrogens with one attached hydrogen (secondary N) is 1. The minimum atomic E-state index is -0.167. The predicted molar refractivity (Wildman–Crippen MR) is 122 cm³/mol. The van der Waals surface area contributed by atoms with Gasteiger partial charge in [0.15, 0.2) is 0 Å². The molecule has 3 heteroatoms. The first kappa shape index (κ1) is 17.6. The molecular formula is C26H25N3. The highest BCUT2D eigenvalue weighted by molar-refractivity contribution is 5.87. The van der Waals surface area contributed by atoms with Crippen LogP contribution in [0.5, 0.6) is 0 Å². The van der Waals surface area contributed by atoms with Crippen molar-refractivity contribution >= 4 is 16.9 Å². The lowest BCUT2D eigenvalue weighted by Gasteiger charge is -2.38. The van der Waals surface area contributed by atoms with Gasteiger partial charge >= 0.3 is 0 Å². The average Bonchev–Trinajstić information content (AvgIpc) is 3.27. The normalized spacial score (nSPS) is 20.2. The third kappa shape index (κ3) is 2.58. The molecule has 2 aromatic carbocycles. The Labute approximate surface area is 172 Å². The van der Waals surface area contributed by atoms with Crippen LogP contribution in [0.2, 0.25) is 0 Å². The van der Waals surface area contributed by atoms with E-state index in [1.165, 1.54) is 28.0 Å². The van der Waals surface area contributed by atoms with Crippen LogP contribution in [-0.4, -0.2) is 5.01 Å². The van der Waals surface area contributed by atoms with Crippen LogP contribution < -0.4 is 11.2 Å². The summed E-state index contributed by atoms with van der Waals surface area (Å²) >= 11 is 0. The van der Waals surface area contributed by atoms with Gasteiger partial charge in [0.25, 0.3) is 0 Å². The molecule has 5 rings (SSSR count). The third-order valence-corrected chi connectivity index (χ3v) is 6.14. The number of hydrogen-bond acceptors (Lipinski definition) is 3. The van der Waals surface area contributed by atoms with E-state index in [4.69, 9.17) is 5.73 Å². The maximum atomic E-state index is 6.29. The minimum absolute atomic E-state index is 0.167. The molecule has 3 nitrogen and oxygen atoms in total. The summed E-state index contributed by atoms with van der Waals surface area (Å²) in [6.45, 7) is 8.92. The quantitative estimate of drug-likeness (QED) is 0.635. The Bertz CT molecular complexity index is 1160. The van der Waals surface area contributed by atoms with Gasteiger partial charge in [0.2, 0.25) is 0 Å². The van der Waals surface area contributed by atoms with E-state index in [2.05, 4.69) is 79.4 Å². The van der Waals surface area contributed by atoms with E-state index < -0.39 is 0 Å². The Morgan fingerprint density at radius 1 is 1.00 bits per heavy atom. The zero-order valence-electron chi connectivity index (χ0n) is 16.9. The maximum absolute atomic E-state index is 6.29. The minimum Gasteiger partial charge on any atom is -0.397 e. The summed E-state index contributed by atoms with van der Waals surface area (Å²) in [5, 5.41) is 2.23. The monoisotopic (exact) mass is 379 g/mol. The number of fused-ring (bicyclic) bond motifs is 2. The van der Waals surface area contributed by atoms with Gasteiger partial charge in [0.05, 0.1) is 22.8 Å². The van der Waals surface area contributed by atoms with E-state index in [-0.39, 0.29) is 5.41 Å². The molecule has 0 amide bonds. The molecule has 0 atom stereocenters. The zero-order valence-corrected chi connectivity index (χ0v) is 16.9. The van der Waals surface area contributed by atoms with Crippen LogP contribution in [0, 0.1) is 0 Å². The van der Waals surface area contributed by atoms with E-state index in [0.717, 1.165) is 29.1 Å². The van der Waals surface area contributed by atoms with Gasteiger partial charge in [-0.2, -0.15) is 0 Å². The van der Waals surface area contributed by atoms with Crippen molar-refractivity contribution in [2.24, 2.45) is 0 Å². The third-order valence-electron chi connectivity index (χ3n) is 6.14. The SMILES string of the molecule is C=C1/C=C\C2=C(N(Nc3ccccc3N)C3=C1CC=C3)C(C)(C)c1ccccc12. The van der Waals surface area contributed by atoms with Crippen LogP contribution in [0.3, 0.4) is 0 Å². The van der Waals surface area contributed by atoms with E-state index in [1.807, 2.05) is 24.3 Å². The summed E-state index contributed by atoms with van der Waals surface area (Å²) in [4.78, 5) is 0. The lowest BCUT2D eigenvalue weighted by atomic mass is 9.84. The Hall–Kier alpha value is -3.46. The smallest absolute Gasteiger partial charge is 0.0775 e. The van der Waals surface area contributed by atoms with Crippen LogP contribution in [0.4, 0.5) is 11.4 Å². The molecule has 0 saturated heterocycles. The molecule has 0 aromatic heterocycles. The van der Waals surface area contributed by atoms with E-state index >= 15 is 0 Å². The number of nitrogen functional groups attached to an aromatic ring is 1. The predicted octanol–water partition coefficient (Wildman–Crippen LogP) is 5.94. The first-order valence-corrected chi connectivity index (χ1v) is 10.0. The first-order valence-electron chi connectivity index (χ1n) is 10.0. The number of allylic oxidation sites excluding steroid dienone is 8. The molecule has 0 bridgehead atoms. The van der Waals surface area contributed by atoms with E-state index in [0.29, 0.717) is 0 Å². The molecule has 144 valence electrons. The second-order valence-corrected chi connectivity index (χ2v) is 8.30. The zero-order chi connectivity index (χ0) is 20.2. The summed E-state index contributed by atoms with van der Waals surface area (Å²) in [6.07, 6.45) is 9.65. The largest absolute Gasteiger partial charge is 0.397 e. The summed E-state index contributed by atoms with van der Waals surface area (Å²) in [5.41, 5.74) is 19.9. The van der Waals surface area contributed by atoms with Gasteiger partial charge in [0.1, 0.15) is 0 Å². The highest BCUT2D eigenvalue weighted by Crippen LogP contribution is 2.51. The lowest BCUT2D eigenvalue weighted by Crippen LogP contribution is -2.37. The topological polar surface area (TPSA) is 41.3 Å². The number of nitrogens with zero attached hydrogens (tertiary/aromatic N) is 1. The maximum Gasteiger partial charge on any atom is 0.0775 e. The Morgan fingerprint density at radius 3 is 2.59 bits per heavy atom. The summed E-state index contributed by atoms with van der Waals surface area (Å²) in [7, 11) is 0. The van der Waals surface area contributed by atoms with Gasteiger partial charge in [-0.15, -0.1) is 0 Å². The number of hydrazine groups is 1. The summed E-state index contributed by atoms with van der Waals surface area (Å²) < 4.78 is 0. The number of rotatable bonds is 2. The molecule has 2 aromatic rings. The fourth-order valence-electron chi connectivity index (χ4n) is 4.66. The van der Waals surface area contributed by atoms with Crippen LogP contribution >= 0.6 is 0 Å². The Balaban J connectivity index is 1.77. The van der Waals surface area contributed by atoms with E-state index in [9.17, 15) is 0 Å². The molecule has 0 radical (unpaired) electrons. The van der Waals surface area contributed by atoms with Crippen LogP contribution in [-0.2, 0) is 5.41 Å². The molecule has 1 aliphatic heterocycles. The Morgan fingerprint density at radius 2 is 1.76 bits per heavy atom. The molecule has 0 fully saturated rings. The summed E-state index contributed by atoms with van der Waals surface area (Å²) in [5.74, 6) is 0. The van der Waals surface area contributed by atoms with Crippen molar-refractivity contribution in [1.82, 2.24) is 5.01 Å². The fraction of sp³-hybridized carbons (Fsp3) is 0.154. The van der Waals surface area contributed by atoms with Crippen molar-refractivity contribution in [3.05, 3.63) is 113 Å². The van der Waals surface area contributed by atoms with Crippen molar-refractivity contribution in [3.8, 4) is 0 Å². The van der Waals surface area contributed by atoms with Crippen molar-refractivity contribution < 1.29 is 0 Å². The van der Waals surface area contributed by atoms with Gasteiger partial charge in [-0.25, -0.2) is 0 Å². The second kappa shape index (κ2) is 6.28. The van der Waals surface area contributed by atoms with Gasteiger partial charge in [-0.1, -0.05) is 75.1 Å². The standard InChI is InChI=1S/C26H25N3/c1-17-15-16-20-19-9-4-5-11-21(19)26(2,3)25(20)29(24-14-8-10-18(17)24)28-23-13-7-6-12-22(23)27/h4-9,11-16,28H,1,10,27H2,2-3H3/b16-15-. The molecule has 0 spiro atoms. The van der Waals surface area contributed by atoms with Gasteiger partial charge in [0, 0.05) is 11.0 Å². The second-order valence-electron chi connectivity index (χ2n) is 8.30. The fourth-order valence-corrected chi connectivity index (χ4v) is 4.66. The van der Waals surface area contributed by atoms with Crippen molar-refractivity contribution in [2.45, 2.75) is 25.7 Å². The van der Waals surface area contributed by atoms with Crippen molar-refractivity contribution in [1.29, 1.82) is 0 Å². The van der Waals surface area contributed by atoms with Crippen LogP contribution in [0.15, 0.2) is 102 Å². The van der Waals surface area contributed by atoms with Gasteiger partial charge in [-0.05, 0) is 46.9 Å².